The third-order valence-corrected chi connectivity index (χ3v) is 14.7. The number of carbonyl (C=O) groups is 3. The number of carbonyl (C=O) groups excluding carboxylic acids is 3. The van der Waals surface area contributed by atoms with E-state index in [0.29, 0.717) is 19.3 Å². The van der Waals surface area contributed by atoms with Crippen molar-refractivity contribution in [1.29, 1.82) is 0 Å². The highest BCUT2D eigenvalue weighted by Gasteiger charge is 2.19. The van der Waals surface area contributed by atoms with Gasteiger partial charge in [-0.15, -0.1) is 0 Å². The molecule has 0 radical (unpaired) electrons. The lowest BCUT2D eigenvalue weighted by Gasteiger charge is -2.18. The van der Waals surface area contributed by atoms with Gasteiger partial charge in [0.1, 0.15) is 13.2 Å². The van der Waals surface area contributed by atoms with Crippen LogP contribution in [-0.4, -0.2) is 37.2 Å². The van der Waals surface area contributed by atoms with E-state index >= 15 is 0 Å². The Balaban J connectivity index is 4.43. The molecule has 0 aliphatic rings. The van der Waals surface area contributed by atoms with Crippen molar-refractivity contribution in [3.8, 4) is 0 Å². The van der Waals surface area contributed by atoms with Crippen LogP contribution in [0, 0.1) is 0 Å². The van der Waals surface area contributed by atoms with Crippen molar-refractivity contribution in [3.63, 3.8) is 0 Å². The lowest BCUT2D eigenvalue weighted by atomic mass is 10.1. The van der Waals surface area contributed by atoms with Crippen molar-refractivity contribution in [3.05, 3.63) is 122 Å². The van der Waals surface area contributed by atoms with Crippen LogP contribution in [0.2, 0.25) is 0 Å². The van der Waals surface area contributed by atoms with Crippen LogP contribution in [-0.2, 0) is 28.6 Å². The number of rotatable bonds is 62. The molecule has 0 N–H and O–H groups in total. The van der Waals surface area contributed by atoms with E-state index < -0.39 is 6.10 Å². The summed E-state index contributed by atoms with van der Waals surface area (Å²) in [5.74, 6) is -0.912. The smallest absolute Gasteiger partial charge is 0.306 e. The van der Waals surface area contributed by atoms with Gasteiger partial charge in [-0.1, -0.05) is 290 Å². The van der Waals surface area contributed by atoms with Gasteiger partial charge in [0, 0.05) is 19.3 Å². The molecule has 1 atom stereocenters. The molecule has 0 rings (SSSR count). The normalized spacial score (nSPS) is 12.9. The number of hydrogen-bond acceptors (Lipinski definition) is 6. The van der Waals surface area contributed by atoms with E-state index in [2.05, 4.69) is 142 Å². The van der Waals surface area contributed by atoms with E-state index in [1.54, 1.807) is 0 Å². The van der Waals surface area contributed by atoms with Gasteiger partial charge in [0.15, 0.2) is 6.10 Å². The minimum atomic E-state index is -0.798. The summed E-state index contributed by atoms with van der Waals surface area (Å²) in [7, 11) is 0. The first-order chi connectivity index (χ1) is 40.5. The number of unbranched alkanes of at least 4 members (excludes halogenated alkanes) is 31. The molecule has 0 heterocycles. The summed E-state index contributed by atoms with van der Waals surface area (Å²) in [5, 5.41) is 0. The highest BCUT2D eigenvalue weighted by Crippen LogP contribution is 2.16. The number of allylic oxidation sites excluding steroid dienone is 20. The maximum Gasteiger partial charge on any atom is 0.306 e. The van der Waals surface area contributed by atoms with E-state index in [1.807, 2.05) is 0 Å². The molecule has 0 aliphatic heterocycles. The van der Waals surface area contributed by atoms with Crippen molar-refractivity contribution in [2.24, 2.45) is 0 Å². The van der Waals surface area contributed by atoms with Crippen LogP contribution < -0.4 is 0 Å². The zero-order valence-electron chi connectivity index (χ0n) is 53.7. The van der Waals surface area contributed by atoms with Crippen LogP contribution in [0.3, 0.4) is 0 Å². The Morgan fingerprint density at radius 3 is 0.756 bits per heavy atom. The second kappa shape index (κ2) is 69.3. The van der Waals surface area contributed by atoms with Crippen LogP contribution in [0.4, 0.5) is 0 Å². The monoisotopic (exact) mass is 1140 g/mol. The van der Waals surface area contributed by atoms with Crippen LogP contribution >= 0.6 is 0 Å². The van der Waals surface area contributed by atoms with Gasteiger partial charge in [0.2, 0.25) is 0 Å². The van der Waals surface area contributed by atoms with Crippen LogP contribution in [0.25, 0.3) is 0 Å². The van der Waals surface area contributed by atoms with Gasteiger partial charge < -0.3 is 14.2 Å². The molecule has 468 valence electrons. The molecule has 0 aromatic heterocycles. The number of hydrogen-bond donors (Lipinski definition) is 0. The predicted molar refractivity (Wildman–Crippen MR) is 357 cm³/mol. The maximum absolute atomic E-state index is 13.0. The molecule has 0 aromatic rings. The van der Waals surface area contributed by atoms with E-state index in [-0.39, 0.29) is 31.1 Å². The van der Waals surface area contributed by atoms with E-state index in [1.165, 1.54) is 148 Å². The second-order valence-electron chi connectivity index (χ2n) is 22.7. The van der Waals surface area contributed by atoms with Gasteiger partial charge in [-0.3, -0.25) is 14.4 Å². The lowest BCUT2D eigenvalue weighted by molar-refractivity contribution is -0.167. The number of esters is 3. The Hall–Kier alpha value is -4.19. The van der Waals surface area contributed by atoms with E-state index in [9.17, 15) is 14.4 Å². The van der Waals surface area contributed by atoms with Crippen LogP contribution in [0.5, 0.6) is 0 Å². The first-order valence-electron chi connectivity index (χ1n) is 34.5. The van der Waals surface area contributed by atoms with E-state index in [4.69, 9.17) is 14.2 Å². The standard InChI is InChI=1S/C76H128O6/c1-4-7-10-13-16-19-22-25-28-31-33-35-37-38-40-41-43-45-48-51-54-57-60-63-66-69-75(78)81-72-73(71-80-74(77)68-65-62-59-56-53-50-47-30-27-24-21-18-15-12-9-6-3)82-76(79)70-67-64-61-58-55-52-49-46-44-42-39-36-34-32-29-26-23-20-17-14-11-8-5-2/h7,10,16,19,23,25-26,28,30,32-35,38-40,42-43,45,47,73H,4-6,8-9,11-15,17-18,20-22,24,27,29,31,36-37,41,44,46,48-72H2,1-3H3/b10-7-,19-16-,26-23-,28-25-,34-32-,35-33-,40-38-,42-39-,45-43-,47-30-. The van der Waals surface area contributed by atoms with Crippen LogP contribution in [0.1, 0.15) is 323 Å². The van der Waals surface area contributed by atoms with Gasteiger partial charge in [-0.25, -0.2) is 0 Å². The van der Waals surface area contributed by atoms with Gasteiger partial charge in [0.25, 0.3) is 0 Å². The Labute approximate surface area is 507 Å². The van der Waals surface area contributed by atoms with E-state index in [0.717, 1.165) is 135 Å². The topological polar surface area (TPSA) is 78.9 Å². The summed E-state index contributed by atoms with van der Waals surface area (Å²) >= 11 is 0. The molecular formula is C76H128O6. The minimum absolute atomic E-state index is 0.0916. The van der Waals surface area contributed by atoms with Crippen molar-refractivity contribution in [2.45, 2.75) is 329 Å². The summed E-state index contributed by atoms with van der Waals surface area (Å²) in [6, 6.07) is 0. The maximum atomic E-state index is 13.0. The van der Waals surface area contributed by atoms with Crippen LogP contribution in [0.15, 0.2) is 122 Å². The molecule has 0 amide bonds. The molecule has 6 nitrogen and oxygen atoms in total. The second-order valence-corrected chi connectivity index (χ2v) is 22.7. The molecule has 82 heavy (non-hydrogen) atoms. The SMILES string of the molecule is CC/C=C\C/C=C\C/C=C\C/C=C\C/C=C\C/C=C\CCCCCCCCC(=O)OCC(COC(=O)CCCCCCC/C=C\CCCCCCCCC)OC(=O)CCCCCCCCCC/C=C\C/C=C\C/C=C\CCCCCCC. The zero-order chi connectivity index (χ0) is 59.2. The fourth-order valence-electron chi connectivity index (χ4n) is 9.51. The summed E-state index contributed by atoms with van der Waals surface area (Å²) in [6.45, 7) is 6.51. The van der Waals surface area contributed by atoms with Gasteiger partial charge >= 0.3 is 17.9 Å². The zero-order valence-corrected chi connectivity index (χ0v) is 53.7. The molecule has 0 aliphatic carbocycles. The Kier molecular flexibility index (Phi) is 65.8. The highest BCUT2D eigenvalue weighted by atomic mass is 16.6. The lowest BCUT2D eigenvalue weighted by Crippen LogP contribution is -2.30. The van der Waals surface area contributed by atoms with Gasteiger partial charge in [-0.2, -0.15) is 0 Å². The van der Waals surface area contributed by atoms with Crippen molar-refractivity contribution >= 4 is 17.9 Å². The Morgan fingerprint density at radius 2 is 0.476 bits per heavy atom. The largest absolute Gasteiger partial charge is 0.462 e. The third-order valence-electron chi connectivity index (χ3n) is 14.7. The molecule has 0 saturated carbocycles. The molecule has 0 bridgehead atoms. The van der Waals surface area contributed by atoms with Crippen molar-refractivity contribution in [1.82, 2.24) is 0 Å². The Morgan fingerprint density at radius 1 is 0.256 bits per heavy atom. The average Bonchev–Trinajstić information content (AvgIpc) is 3.47. The van der Waals surface area contributed by atoms with Gasteiger partial charge in [0.05, 0.1) is 0 Å². The molecule has 0 spiro atoms. The molecule has 0 saturated heterocycles. The molecular weight excluding hydrogens is 1010 g/mol. The summed E-state index contributed by atoms with van der Waals surface area (Å²) < 4.78 is 17.0. The molecule has 1 unspecified atom stereocenters. The first kappa shape index (κ1) is 77.8. The quantitative estimate of drug-likeness (QED) is 0.0261. The summed E-state index contributed by atoms with van der Waals surface area (Å²) in [5.41, 5.74) is 0. The first-order valence-corrected chi connectivity index (χ1v) is 34.5. The summed E-state index contributed by atoms with van der Waals surface area (Å²) in [4.78, 5) is 38.5. The van der Waals surface area contributed by atoms with Gasteiger partial charge in [-0.05, 0) is 135 Å². The summed E-state index contributed by atoms with van der Waals surface area (Å²) in [6.07, 6.45) is 96.3. The fourth-order valence-corrected chi connectivity index (χ4v) is 9.51. The Bertz CT molecular complexity index is 1690. The van der Waals surface area contributed by atoms with Crippen molar-refractivity contribution < 1.29 is 28.6 Å². The van der Waals surface area contributed by atoms with Crippen molar-refractivity contribution in [2.75, 3.05) is 13.2 Å². The average molecular weight is 1140 g/mol. The molecule has 0 aromatic carbocycles. The minimum Gasteiger partial charge on any atom is -0.462 e. The predicted octanol–water partition coefficient (Wildman–Crippen LogP) is 23.9. The molecule has 6 heteroatoms. The third kappa shape index (κ3) is 66.6. The molecule has 0 fully saturated rings. The number of ether oxygens (including phenoxy) is 3. The highest BCUT2D eigenvalue weighted by molar-refractivity contribution is 5.71. The fraction of sp³-hybridized carbons (Fsp3) is 0.697.